The average molecular weight is 832 g/mol. The van der Waals surface area contributed by atoms with Gasteiger partial charge in [0.05, 0.1) is 30.2 Å². The number of benzene rings is 2. The van der Waals surface area contributed by atoms with Crippen molar-refractivity contribution >= 4 is 71.6 Å². The van der Waals surface area contributed by atoms with E-state index in [-0.39, 0.29) is 53.8 Å². The quantitative estimate of drug-likeness (QED) is 0.193. The van der Waals surface area contributed by atoms with Gasteiger partial charge in [0.2, 0.25) is 5.91 Å². The van der Waals surface area contributed by atoms with Crippen LogP contribution in [0, 0.1) is 21.1 Å². The number of nitrogen functional groups attached to an aromatic ring is 1. The molecule has 10 rings (SSSR count). The molecule has 0 spiro atoms. The van der Waals surface area contributed by atoms with E-state index < -0.39 is 23.3 Å². The van der Waals surface area contributed by atoms with Crippen LogP contribution in [0.3, 0.4) is 0 Å². The summed E-state index contributed by atoms with van der Waals surface area (Å²) in [6, 6.07) is 4.40. The van der Waals surface area contributed by atoms with E-state index >= 15 is 4.39 Å². The first kappa shape index (κ1) is 32.5. The summed E-state index contributed by atoms with van der Waals surface area (Å²) in [5.74, 6) is 0.545. The van der Waals surface area contributed by atoms with Crippen LogP contribution in [0.5, 0.6) is 11.8 Å². The minimum atomic E-state index is -0.929. The smallest absolute Gasteiger partial charge is 0.319 e. The molecule has 268 valence electrons. The summed E-state index contributed by atoms with van der Waals surface area (Å²) in [7, 11) is 1.90. The minimum Gasteiger partial charge on any atom is -0.486 e. The molecule has 4 saturated heterocycles. The number of carbonyl (C=O) groups is 1. The second-order valence-corrected chi connectivity index (χ2v) is 17.3. The Kier molecular flexibility index (Phi) is 7.44. The SMILES string of the molecule is CN1c2nc(OC[C@@]34CCCN3C[C@H](F)C4)nc3c(F)c(-c4ccc(F)c5sc(N)cc45)c(I)c(c23)OC2CCN(C(=O)C3N[C@H]3C3CC3)CC21. The molecule has 1 amide bonds. The van der Waals surface area contributed by atoms with Crippen LogP contribution in [0.15, 0.2) is 18.2 Å². The van der Waals surface area contributed by atoms with Gasteiger partial charge in [-0.2, -0.15) is 9.97 Å². The Morgan fingerprint density at radius 1 is 1.22 bits per heavy atom. The van der Waals surface area contributed by atoms with Gasteiger partial charge in [0.25, 0.3) is 0 Å². The van der Waals surface area contributed by atoms with Crippen LogP contribution in [0.2, 0.25) is 0 Å². The van der Waals surface area contributed by atoms with Crippen molar-refractivity contribution in [1.82, 2.24) is 25.1 Å². The minimum absolute atomic E-state index is 0.00873. The monoisotopic (exact) mass is 831 g/mol. The first-order chi connectivity index (χ1) is 24.6. The Labute approximate surface area is 310 Å². The lowest BCUT2D eigenvalue weighted by molar-refractivity contribution is -0.133. The first-order valence-corrected chi connectivity index (χ1v) is 19.7. The maximum absolute atomic E-state index is 17.3. The topological polar surface area (TPSA) is 119 Å². The zero-order valence-corrected chi connectivity index (χ0v) is 30.9. The Hall–Kier alpha value is -3.15. The van der Waals surface area contributed by atoms with Crippen molar-refractivity contribution in [2.75, 3.05) is 50.5 Å². The highest BCUT2D eigenvalue weighted by Gasteiger charge is 2.53. The van der Waals surface area contributed by atoms with Crippen molar-refractivity contribution in [1.29, 1.82) is 0 Å². The largest absolute Gasteiger partial charge is 0.486 e. The Morgan fingerprint density at radius 3 is 2.88 bits per heavy atom. The summed E-state index contributed by atoms with van der Waals surface area (Å²) in [4.78, 5) is 29.3. The van der Waals surface area contributed by atoms with Crippen LogP contribution < -0.4 is 25.4 Å². The maximum atomic E-state index is 17.3. The third-order valence-electron chi connectivity index (χ3n) is 12.0. The highest BCUT2D eigenvalue weighted by atomic mass is 127. The predicted molar refractivity (Wildman–Crippen MR) is 197 cm³/mol. The van der Waals surface area contributed by atoms with E-state index in [1.54, 1.807) is 12.1 Å². The third kappa shape index (κ3) is 5.11. The molecular formula is C36H37F3IN7O3S. The molecule has 4 aromatic rings. The zero-order chi connectivity index (χ0) is 34.9. The number of ether oxygens (including phenoxy) is 2. The summed E-state index contributed by atoms with van der Waals surface area (Å²) in [6.07, 6.45) is 3.77. The van der Waals surface area contributed by atoms with Gasteiger partial charge < -0.3 is 25.0 Å². The molecule has 6 atom stereocenters. The van der Waals surface area contributed by atoms with Crippen LogP contribution in [0.4, 0.5) is 24.0 Å². The number of anilines is 2. The number of piperidine rings is 1. The van der Waals surface area contributed by atoms with Crippen molar-refractivity contribution in [3.8, 4) is 22.9 Å². The third-order valence-corrected chi connectivity index (χ3v) is 14.0. The van der Waals surface area contributed by atoms with Gasteiger partial charge in [0.1, 0.15) is 47.8 Å². The summed E-state index contributed by atoms with van der Waals surface area (Å²) in [6.45, 7) is 2.32. The number of alkyl halides is 1. The van der Waals surface area contributed by atoms with Gasteiger partial charge in [-0.05, 0) is 78.4 Å². The fourth-order valence-corrected chi connectivity index (χ4v) is 11.0. The highest BCUT2D eigenvalue weighted by molar-refractivity contribution is 14.1. The number of carbonyl (C=O) groups excluding carboxylic acids is 1. The number of hydrogen-bond acceptors (Lipinski definition) is 10. The van der Waals surface area contributed by atoms with E-state index in [2.05, 4.69) is 32.8 Å². The molecule has 15 heteroatoms. The van der Waals surface area contributed by atoms with Gasteiger partial charge in [0, 0.05) is 56.5 Å². The second kappa shape index (κ2) is 11.7. The van der Waals surface area contributed by atoms with Crippen molar-refractivity contribution in [3.05, 3.63) is 33.4 Å². The normalized spacial score (nSPS) is 30.0. The number of halogens is 4. The van der Waals surface area contributed by atoms with Gasteiger partial charge in [0.15, 0.2) is 5.82 Å². The van der Waals surface area contributed by atoms with Crippen molar-refractivity contribution in [2.24, 2.45) is 5.92 Å². The molecule has 0 bridgehead atoms. The van der Waals surface area contributed by atoms with Crippen molar-refractivity contribution in [3.63, 3.8) is 0 Å². The number of fused-ring (bicyclic) bond motifs is 3. The van der Waals surface area contributed by atoms with Crippen molar-refractivity contribution in [2.45, 2.75) is 74.5 Å². The molecule has 6 aliphatic rings. The van der Waals surface area contributed by atoms with Gasteiger partial charge in [-0.1, -0.05) is 6.07 Å². The van der Waals surface area contributed by atoms with Gasteiger partial charge in [-0.25, -0.2) is 13.2 Å². The van der Waals surface area contributed by atoms with E-state index in [1.807, 2.05) is 16.8 Å². The van der Waals surface area contributed by atoms with Gasteiger partial charge >= 0.3 is 6.01 Å². The lowest BCUT2D eigenvalue weighted by Crippen LogP contribution is -2.58. The summed E-state index contributed by atoms with van der Waals surface area (Å²) >= 11 is 3.23. The predicted octanol–water partition coefficient (Wildman–Crippen LogP) is 5.48. The fraction of sp³-hybridized carbons (Fsp3) is 0.528. The van der Waals surface area contributed by atoms with Crippen LogP contribution >= 0.6 is 33.9 Å². The Morgan fingerprint density at radius 2 is 2.06 bits per heavy atom. The number of amides is 1. The molecule has 1 saturated carbocycles. The van der Waals surface area contributed by atoms with E-state index in [9.17, 15) is 13.6 Å². The number of nitrogens with one attached hydrogen (secondary N) is 1. The molecule has 5 fully saturated rings. The molecule has 1 aliphatic carbocycles. The number of nitrogens with zero attached hydrogens (tertiary/aromatic N) is 5. The van der Waals surface area contributed by atoms with Crippen molar-refractivity contribution < 1.29 is 27.4 Å². The summed E-state index contributed by atoms with van der Waals surface area (Å²) in [5.41, 5.74) is 6.40. The number of nitrogens with two attached hydrogens (primary N) is 1. The highest BCUT2D eigenvalue weighted by Crippen LogP contribution is 2.50. The molecule has 0 radical (unpaired) electrons. The fourth-order valence-electron chi connectivity index (χ4n) is 9.24. The van der Waals surface area contributed by atoms with Crippen LogP contribution in [-0.4, -0.2) is 101 Å². The summed E-state index contributed by atoms with van der Waals surface area (Å²) < 4.78 is 61.0. The van der Waals surface area contributed by atoms with Crippen LogP contribution in [-0.2, 0) is 4.79 Å². The van der Waals surface area contributed by atoms with Crippen LogP contribution in [0.25, 0.3) is 32.1 Å². The number of hydrogen-bond donors (Lipinski definition) is 2. The van der Waals surface area contributed by atoms with Gasteiger partial charge in [-0.3, -0.25) is 15.0 Å². The maximum Gasteiger partial charge on any atom is 0.319 e. The molecule has 3 N–H and O–H groups in total. The van der Waals surface area contributed by atoms with Crippen LogP contribution in [0.1, 0.15) is 38.5 Å². The van der Waals surface area contributed by atoms with E-state index in [1.165, 1.54) is 18.9 Å². The molecule has 51 heavy (non-hydrogen) atoms. The molecule has 7 heterocycles. The number of rotatable bonds is 6. The number of aromatic nitrogens is 2. The summed E-state index contributed by atoms with van der Waals surface area (Å²) in [5, 5.41) is 4.73. The first-order valence-electron chi connectivity index (χ1n) is 17.8. The van der Waals surface area contributed by atoms with E-state index in [4.69, 9.17) is 25.2 Å². The molecule has 2 aromatic carbocycles. The number of likely N-dealkylation sites (N-methyl/N-ethyl adjacent to an activating group) is 1. The standard InChI is InChI=1S/C36H37F3IN7O3S/c1-45-21-14-46(34(48)30-28(42-30)16-3-4-16)10-7-22(21)50-31-25-29(26(39)24(27(31)40)18-5-6-20(38)32-19(18)11-23(41)51-32)43-35(44-33(25)45)49-15-36-8-2-9-47(36)13-17(37)12-36/h5-6,11,16-17,21-22,28,30,42H,2-4,7-10,12-15,41H2,1H3/t17-,21?,22?,28+,30?,36+/m1/s1. The molecule has 10 nitrogen and oxygen atoms in total. The van der Waals surface area contributed by atoms with E-state index in [0.717, 1.165) is 30.7 Å². The number of likely N-dealkylation sites (tertiary alicyclic amines) is 1. The number of thiophene rings is 1. The lowest BCUT2D eigenvalue weighted by atomic mass is 9.95. The van der Waals surface area contributed by atoms with Gasteiger partial charge in [-0.15, -0.1) is 11.3 Å². The molecule has 3 unspecified atom stereocenters. The lowest BCUT2D eigenvalue weighted by Gasteiger charge is -2.41. The zero-order valence-electron chi connectivity index (χ0n) is 27.9. The molecular weight excluding hydrogens is 794 g/mol. The Balaban J connectivity index is 1.09. The average Bonchev–Trinajstić information content (AvgIpc) is 4.01. The Bertz CT molecular complexity index is 2140. The van der Waals surface area contributed by atoms with E-state index in [0.29, 0.717) is 79.6 Å². The molecule has 2 aromatic heterocycles. The molecule has 5 aliphatic heterocycles. The second-order valence-electron chi connectivity index (χ2n) is 15.2.